The van der Waals surface area contributed by atoms with Crippen LogP contribution in [0.15, 0.2) is 60.2 Å². The van der Waals surface area contributed by atoms with Gasteiger partial charge in [0.2, 0.25) is 0 Å². The molecule has 2 aromatic carbocycles. The van der Waals surface area contributed by atoms with E-state index in [0.29, 0.717) is 16.7 Å². The fraction of sp³-hybridized carbons (Fsp3) is 0.261. The number of ether oxygens (including phenoxy) is 2. The van der Waals surface area contributed by atoms with E-state index in [-0.39, 0.29) is 24.5 Å². The lowest BCUT2D eigenvalue weighted by atomic mass is 9.78. The van der Waals surface area contributed by atoms with Crippen molar-refractivity contribution in [3.8, 4) is 0 Å². The number of hydrogen-bond acceptors (Lipinski definition) is 6. The fourth-order valence-corrected chi connectivity index (χ4v) is 3.59. The minimum absolute atomic E-state index is 0.0106. The third-order valence-corrected chi connectivity index (χ3v) is 4.81. The molecular formula is C23H22O6. The highest BCUT2D eigenvalue weighted by atomic mass is 16.6. The van der Waals surface area contributed by atoms with Gasteiger partial charge >= 0.3 is 11.9 Å². The lowest BCUT2D eigenvalue weighted by Gasteiger charge is -2.25. The monoisotopic (exact) mass is 394 g/mol. The van der Waals surface area contributed by atoms with E-state index in [2.05, 4.69) is 0 Å². The molecule has 6 nitrogen and oxygen atoms in total. The Morgan fingerprint density at radius 3 is 1.90 bits per heavy atom. The van der Waals surface area contributed by atoms with Gasteiger partial charge in [-0.15, -0.1) is 0 Å². The van der Waals surface area contributed by atoms with Crippen LogP contribution in [-0.4, -0.2) is 36.0 Å². The number of carbonyl (C=O) groups excluding carboxylic acids is 3. The number of rotatable bonds is 7. The van der Waals surface area contributed by atoms with E-state index < -0.39 is 29.6 Å². The molecule has 1 aliphatic carbocycles. The largest absolute Gasteiger partial charge is 0.507 e. The van der Waals surface area contributed by atoms with Crippen LogP contribution in [0.25, 0.3) is 5.76 Å². The summed E-state index contributed by atoms with van der Waals surface area (Å²) in [5, 5.41) is 10.9. The van der Waals surface area contributed by atoms with Crippen LogP contribution in [0.4, 0.5) is 0 Å². The third kappa shape index (κ3) is 3.78. The van der Waals surface area contributed by atoms with Gasteiger partial charge in [-0.25, -0.2) is 0 Å². The van der Waals surface area contributed by atoms with Crippen molar-refractivity contribution >= 4 is 23.5 Å². The van der Waals surface area contributed by atoms with Gasteiger partial charge in [-0.3, -0.25) is 14.4 Å². The topological polar surface area (TPSA) is 89.9 Å². The molecule has 6 heteroatoms. The van der Waals surface area contributed by atoms with Gasteiger partial charge in [-0.05, 0) is 19.4 Å². The van der Waals surface area contributed by atoms with Gasteiger partial charge in [0.05, 0.1) is 18.8 Å². The predicted molar refractivity (Wildman–Crippen MR) is 106 cm³/mol. The van der Waals surface area contributed by atoms with Gasteiger partial charge in [-0.1, -0.05) is 54.6 Å². The fourth-order valence-electron chi connectivity index (χ4n) is 3.59. The van der Waals surface area contributed by atoms with E-state index in [1.54, 1.807) is 68.4 Å². The van der Waals surface area contributed by atoms with E-state index in [1.165, 1.54) is 0 Å². The van der Waals surface area contributed by atoms with Crippen molar-refractivity contribution < 1.29 is 29.0 Å². The van der Waals surface area contributed by atoms with Crippen LogP contribution in [0.2, 0.25) is 0 Å². The Labute approximate surface area is 168 Å². The van der Waals surface area contributed by atoms with Gasteiger partial charge < -0.3 is 14.6 Å². The van der Waals surface area contributed by atoms with Crippen molar-refractivity contribution in [1.82, 2.24) is 0 Å². The number of hydrogen-bond donors (Lipinski definition) is 1. The zero-order valence-corrected chi connectivity index (χ0v) is 16.3. The maximum Gasteiger partial charge on any atom is 0.321 e. The van der Waals surface area contributed by atoms with Crippen LogP contribution >= 0.6 is 0 Å². The summed E-state index contributed by atoms with van der Waals surface area (Å²) in [6.45, 7) is 3.39. The zero-order valence-electron chi connectivity index (χ0n) is 16.3. The first-order chi connectivity index (χ1) is 14.0. The summed E-state index contributed by atoms with van der Waals surface area (Å²) >= 11 is 0. The summed E-state index contributed by atoms with van der Waals surface area (Å²) in [4.78, 5) is 38.7. The Morgan fingerprint density at radius 1 is 0.862 bits per heavy atom. The molecule has 0 aromatic heterocycles. The highest BCUT2D eigenvalue weighted by molar-refractivity contribution is 6.21. The summed E-state index contributed by atoms with van der Waals surface area (Å²) < 4.78 is 10.3. The highest BCUT2D eigenvalue weighted by Gasteiger charge is 2.46. The van der Waals surface area contributed by atoms with Crippen LogP contribution in [-0.2, 0) is 19.1 Å². The minimum atomic E-state index is -1.42. The quantitative estimate of drug-likeness (QED) is 0.569. The van der Waals surface area contributed by atoms with Crippen LogP contribution in [0.3, 0.4) is 0 Å². The lowest BCUT2D eigenvalue weighted by Crippen LogP contribution is -2.35. The molecule has 0 unspecified atom stereocenters. The molecule has 0 saturated carbocycles. The zero-order chi connectivity index (χ0) is 21.0. The minimum Gasteiger partial charge on any atom is -0.507 e. The normalized spacial score (nSPS) is 14.0. The number of aliphatic hydroxyl groups excluding tert-OH is 1. The Kier molecular flexibility index (Phi) is 6.12. The van der Waals surface area contributed by atoms with E-state index in [4.69, 9.17) is 9.47 Å². The Morgan fingerprint density at radius 2 is 1.38 bits per heavy atom. The number of allylic oxidation sites excluding steroid dienone is 1. The van der Waals surface area contributed by atoms with E-state index in [1.807, 2.05) is 0 Å². The van der Waals surface area contributed by atoms with Gasteiger partial charge in [-0.2, -0.15) is 0 Å². The van der Waals surface area contributed by atoms with E-state index in [9.17, 15) is 19.5 Å². The Bertz CT molecular complexity index is 942. The molecule has 2 aromatic rings. The first-order valence-corrected chi connectivity index (χ1v) is 9.46. The van der Waals surface area contributed by atoms with E-state index in [0.717, 1.165) is 0 Å². The number of esters is 2. The number of fused-ring (bicyclic) bond motifs is 1. The van der Waals surface area contributed by atoms with Gasteiger partial charge in [0, 0.05) is 17.0 Å². The van der Waals surface area contributed by atoms with Crippen molar-refractivity contribution in [2.45, 2.75) is 19.8 Å². The molecule has 0 aliphatic heterocycles. The van der Waals surface area contributed by atoms with Gasteiger partial charge in [0.1, 0.15) is 5.76 Å². The molecule has 0 saturated heterocycles. The molecule has 0 amide bonds. The third-order valence-electron chi connectivity index (χ3n) is 4.81. The Balaban J connectivity index is 2.20. The summed E-state index contributed by atoms with van der Waals surface area (Å²) in [6, 6.07) is 15.3. The maximum absolute atomic E-state index is 13.2. The number of benzene rings is 2. The Hall–Kier alpha value is -3.41. The lowest BCUT2D eigenvalue weighted by molar-refractivity contribution is -0.162. The molecular weight excluding hydrogens is 372 g/mol. The number of aliphatic hydroxyl groups is 1. The van der Waals surface area contributed by atoms with Crippen LogP contribution in [0.5, 0.6) is 0 Å². The highest BCUT2D eigenvalue weighted by Crippen LogP contribution is 2.43. The molecule has 0 bridgehead atoms. The van der Waals surface area contributed by atoms with Crippen LogP contribution in [0, 0.1) is 5.92 Å². The maximum atomic E-state index is 13.2. The molecule has 150 valence electrons. The van der Waals surface area contributed by atoms with Crippen molar-refractivity contribution in [3.05, 3.63) is 76.9 Å². The van der Waals surface area contributed by atoms with Gasteiger partial charge in [0.15, 0.2) is 11.7 Å². The first kappa shape index (κ1) is 20.3. The number of Topliss-reactive ketones (excluding diaryl/α,β-unsaturated/α-hetero) is 1. The van der Waals surface area contributed by atoms with Crippen molar-refractivity contribution in [2.24, 2.45) is 5.92 Å². The molecule has 1 aliphatic rings. The van der Waals surface area contributed by atoms with Crippen LogP contribution in [0.1, 0.15) is 41.3 Å². The van der Waals surface area contributed by atoms with Crippen molar-refractivity contribution in [2.75, 3.05) is 13.2 Å². The predicted octanol–water partition coefficient (Wildman–Crippen LogP) is 3.68. The second-order valence-corrected chi connectivity index (χ2v) is 6.51. The van der Waals surface area contributed by atoms with Crippen LogP contribution < -0.4 is 0 Å². The van der Waals surface area contributed by atoms with Gasteiger partial charge in [0.25, 0.3) is 0 Å². The number of carbonyl (C=O) groups is 3. The molecule has 1 atom stereocenters. The standard InChI is InChI=1S/C23H22O6/c1-3-28-22(26)19(23(27)29-4-2)17(14-10-6-5-7-11-14)18-20(24)15-12-8-9-13-16(15)21(18)25/h5-13,17,19,24H,3-4H2,1-2H3/t17-/m1/s1. The molecule has 0 radical (unpaired) electrons. The summed E-state index contributed by atoms with van der Waals surface area (Å²) in [6.07, 6.45) is 0. The molecule has 0 heterocycles. The van der Waals surface area contributed by atoms with E-state index >= 15 is 0 Å². The molecule has 0 fully saturated rings. The average molecular weight is 394 g/mol. The average Bonchev–Trinajstić information content (AvgIpc) is 2.98. The van der Waals surface area contributed by atoms with Crippen molar-refractivity contribution in [1.29, 1.82) is 0 Å². The summed E-state index contributed by atoms with van der Waals surface area (Å²) in [5.74, 6) is -4.74. The second-order valence-electron chi connectivity index (χ2n) is 6.51. The number of ketones is 1. The molecule has 0 spiro atoms. The molecule has 29 heavy (non-hydrogen) atoms. The SMILES string of the molecule is CCOC(=O)C(C(=O)OCC)[C@@H](C1=C(O)c2ccccc2C1=O)c1ccccc1. The first-order valence-electron chi connectivity index (χ1n) is 9.46. The summed E-state index contributed by atoms with van der Waals surface area (Å²) in [5.41, 5.74) is 1.22. The second kappa shape index (κ2) is 8.73. The van der Waals surface area contributed by atoms with Crippen molar-refractivity contribution in [3.63, 3.8) is 0 Å². The summed E-state index contributed by atoms with van der Waals surface area (Å²) in [7, 11) is 0. The smallest absolute Gasteiger partial charge is 0.321 e. The molecule has 1 N–H and O–H groups in total. The molecule has 3 rings (SSSR count).